The Morgan fingerprint density at radius 1 is 1.07 bits per heavy atom. The lowest BCUT2D eigenvalue weighted by Crippen LogP contribution is -2.36. The third-order valence-corrected chi connectivity index (χ3v) is 5.34. The predicted molar refractivity (Wildman–Crippen MR) is 110 cm³/mol. The Kier molecular flexibility index (Phi) is 6.34. The molecule has 2 atom stereocenters. The van der Waals surface area contributed by atoms with Crippen LogP contribution in [0.4, 0.5) is 0 Å². The van der Waals surface area contributed by atoms with Gasteiger partial charge in [0.1, 0.15) is 5.75 Å². The third-order valence-electron chi connectivity index (χ3n) is 5.34. The molecule has 5 nitrogen and oxygen atoms in total. The molecule has 1 aliphatic rings. The summed E-state index contributed by atoms with van der Waals surface area (Å²) in [6, 6.07) is 15.4. The van der Waals surface area contributed by atoms with Gasteiger partial charge in [0.25, 0.3) is 5.91 Å². The van der Waals surface area contributed by atoms with Gasteiger partial charge in [-0.05, 0) is 43.2 Å². The zero-order valence-corrected chi connectivity index (χ0v) is 16.8. The number of rotatable bonds is 6. The Morgan fingerprint density at radius 3 is 2.36 bits per heavy atom. The van der Waals surface area contributed by atoms with Gasteiger partial charge < -0.3 is 15.0 Å². The highest BCUT2D eigenvalue weighted by atomic mass is 16.5. The number of amides is 2. The largest absolute Gasteiger partial charge is 0.497 e. The molecule has 0 aromatic heterocycles. The van der Waals surface area contributed by atoms with E-state index in [4.69, 9.17) is 4.74 Å². The van der Waals surface area contributed by atoms with Gasteiger partial charge >= 0.3 is 0 Å². The number of aryl methyl sites for hydroxylation is 1. The number of carbonyl (C=O) groups is 2. The van der Waals surface area contributed by atoms with E-state index >= 15 is 0 Å². The molecule has 3 rings (SSSR count). The Hall–Kier alpha value is -2.82. The molecule has 2 amide bonds. The van der Waals surface area contributed by atoms with Crippen LogP contribution in [0.3, 0.4) is 0 Å². The van der Waals surface area contributed by atoms with Crippen molar-refractivity contribution in [3.8, 4) is 5.75 Å². The summed E-state index contributed by atoms with van der Waals surface area (Å²) in [5.74, 6) is 0.450. The van der Waals surface area contributed by atoms with Crippen LogP contribution in [-0.4, -0.2) is 43.5 Å². The van der Waals surface area contributed by atoms with Crippen molar-refractivity contribution in [2.45, 2.75) is 26.2 Å². The van der Waals surface area contributed by atoms with Gasteiger partial charge in [0.15, 0.2) is 0 Å². The highest BCUT2D eigenvalue weighted by molar-refractivity contribution is 5.95. The van der Waals surface area contributed by atoms with Crippen LogP contribution < -0.4 is 10.1 Å². The Morgan fingerprint density at radius 2 is 1.75 bits per heavy atom. The van der Waals surface area contributed by atoms with E-state index in [-0.39, 0.29) is 23.7 Å². The van der Waals surface area contributed by atoms with E-state index in [9.17, 15) is 9.59 Å². The van der Waals surface area contributed by atoms with Crippen molar-refractivity contribution in [3.63, 3.8) is 0 Å². The van der Waals surface area contributed by atoms with Crippen LogP contribution >= 0.6 is 0 Å². The lowest BCUT2D eigenvalue weighted by molar-refractivity contribution is -0.124. The molecule has 0 unspecified atom stereocenters. The number of nitrogens with zero attached hydrogens (tertiary/aromatic N) is 1. The first kappa shape index (κ1) is 19.9. The van der Waals surface area contributed by atoms with Crippen LogP contribution in [0, 0.1) is 12.8 Å². The van der Waals surface area contributed by atoms with Crippen molar-refractivity contribution >= 4 is 11.8 Å². The molecule has 0 bridgehead atoms. The SMILES string of the molecule is CCCNC(=O)[C@H]1CN(C(=O)c2ccc(OC)cc2)C[C@@H]1c1ccc(C)cc1. The van der Waals surface area contributed by atoms with Gasteiger partial charge in [-0.25, -0.2) is 0 Å². The quantitative estimate of drug-likeness (QED) is 0.836. The summed E-state index contributed by atoms with van der Waals surface area (Å²) < 4.78 is 5.17. The number of methoxy groups -OCH3 is 1. The van der Waals surface area contributed by atoms with E-state index in [1.165, 1.54) is 5.56 Å². The molecular formula is C23H28N2O3. The Balaban J connectivity index is 1.82. The number of hydrogen-bond acceptors (Lipinski definition) is 3. The molecule has 5 heteroatoms. The summed E-state index contributed by atoms with van der Waals surface area (Å²) in [5, 5.41) is 3.01. The predicted octanol–water partition coefficient (Wildman–Crippen LogP) is 3.39. The summed E-state index contributed by atoms with van der Waals surface area (Å²) >= 11 is 0. The second-order valence-electron chi connectivity index (χ2n) is 7.35. The molecule has 1 saturated heterocycles. The molecule has 1 fully saturated rings. The maximum atomic E-state index is 13.0. The minimum Gasteiger partial charge on any atom is -0.497 e. The van der Waals surface area contributed by atoms with Gasteiger partial charge in [-0.15, -0.1) is 0 Å². The second-order valence-corrected chi connectivity index (χ2v) is 7.35. The van der Waals surface area contributed by atoms with Crippen LogP contribution in [0.2, 0.25) is 0 Å². The van der Waals surface area contributed by atoms with Crippen molar-refractivity contribution in [1.29, 1.82) is 0 Å². The molecule has 2 aromatic rings. The highest BCUT2D eigenvalue weighted by Crippen LogP contribution is 2.34. The van der Waals surface area contributed by atoms with Crippen molar-refractivity contribution in [3.05, 3.63) is 65.2 Å². The number of nitrogens with one attached hydrogen (secondary N) is 1. The number of benzene rings is 2. The normalized spacial score (nSPS) is 18.8. The molecule has 0 aliphatic carbocycles. The van der Waals surface area contributed by atoms with Crippen LogP contribution in [0.1, 0.15) is 40.7 Å². The van der Waals surface area contributed by atoms with E-state index in [0.717, 1.165) is 12.0 Å². The van der Waals surface area contributed by atoms with Gasteiger partial charge in [-0.2, -0.15) is 0 Å². The average Bonchev–Trinajstić information content (AvgIpc) is 3.17. The van der Waals surface area contributed by atoms with Crippen molar-refractivity contribution < 1.29 is 14.3 Å². The number of ether oxygens (including phenoxy) is 1. The lowest BCUT2D eigenvalue weighted by Gasteiger charge is -2.18. The maximum Gasteiger partial charge on any atom is 0.253 e. The van der Waals surface area contributed by atoms with Crippen molar-refractivity contribution in [2.75, 3.05) is 26.7 Å². The fourth-order valence-electron chi connectivity index (χ4n) is 3.68. The Labute approximate surface area is 166 Å². The van der Waals surface area contributed by atoms with Gasteiger partial charge in [0.05, 0.1) is 13.0 Å². The highest BCUT2D eigenvalue weighted by Gasteiger charge is 2.40. The standard InChI is InChI=1S/C23H28N2O3/c1-4-13-24-22(26)21-15-25(14-20(21)17-7-5-16(2)6-8-17)23(27)18-9-11-19(28-3)12-10-18/h5-12,20-21H,4,13-15H2,1-3H3,(H,24,26)/t20-,21+/m1/s1. The first-order chi connectivity index (χ1) is 13.5. The van der Waals surface area contributed by atoms with Gasteiger partial charge in [-0.1, -0.05) is 36.8 Å². The number of hydrogen-bond donors (Lipinski definition) is 1. The molecule has 0 spiro atoms. The number of likely N-dealkylation sites (tertiary alicyclic amines) is 1. The molecule has 1 heterocycles. The Bertz CT molecular complexity index is 815. The van der Waals surface area contributed by atoms with Gasteiger partial charge in [0, 0.05) is 31.1 Å². The van der Waals surface area contributed by atoms with Crippen LogP contribution in [0.25, 0.3) is 0 Å². The molecule has 1 N–H and O–H groups in total. The molecule has 148 valence electrons. The first-order valence-corrected chi connectivity index (χ1v) is 9.81. The summed E-state index contributed by atoms with van der Waals surface area (Å²) in [4.78, 5) is 27.6. The third kappa shape index (κ3) is 4.35. The number of carbonyl (C=O) groups excluding carboxylic acids is 2. The molecule has 0 radical (unpaired) electrons. The second kappa shape index (κ2) is 8.91. The van der Waals surface area contributed by atoms with Crippen LogP contribution in [0.15, 0.2) is 48.5 Å². The van der Waals surface area contributed by atoms with E-state index < -0.39 is 0 Å². The first-order valence-electron chi connectivity index (χ1n) is 9.81. The minimum absolute atomic E-state index is 0.000320. The summed E-state index contributed by atoms with van der Waals surface area (Å²) in [6.07, 6.45) is 0.891. The van der Waals surface area contributed by atoms with E-state index in [0.29, 0.717) is 30.9 Å². The average molecular weight is 380 g/mol. The zero-order valence-electron chi connectivity index (χ0n) is 16.8. The molecule has 2 aromatic carbocycles. The minimum atomic E-state index is -0.239. The summed E-state index contributed by atoms with van der Waals surface area (Å²) in [5.41, 5.74) is 2.89. The fourth-order valence-corrected chi connectivity index (χ4v) is 3.68. The topological polar surface area (TPSA) is 58.6 Å². The summed E-state index contributed by atoms with van der Waals surface area (Å²) in [6.45, 7) is 5.70. The zero-order chi connectivity index (χ0) is 20.1. The van der Waals surface area contributed by atoms with Crippen LogP contribution in [0.5, 0.6) is 5.75 Å². The van der Waals surface area contributed by atoms with E-state index in [1.54, 1.807) is 36.3 Å². The smallest absolute Gasteiger partial charge is 0.253 e. The molecular weight excluding hydrogens is 352 g/mol. The molecule has 0 saturated carbocycles. The van der Waals surface area contributed by atoms with E-state index in [2.05, 4.69) is 29.6 Å². The maximum absolute atomic E-state index is 13.0. The van der Waals surface area contributed by atoms with Gasteiger partial charge in [-0.3, -0.25) is 9.59 Å². The lowest BCUT2D eigenvalue weighted by atomic mass is 9.88. The molecule has 1 aliphatic heterocycles. The van der Waals surface area contributed by atoms with Crippen LogP contribution in [-0.2, 0) is 4.79 Å². The fraction of sp³-hybridized carbons (Fsp3) is 0.391. The van der Waals surface area contributed by atoms with E-state index in [1.807, 2.05) is 13.8 Å². The van der Waals surface area contributed by atoms with Gasteiger partial charge in [0.2, 0.25) is 5.91 Å². The molecule has 28 heavy (non-hydrogen) atoms. The monoisotopic (exact) mass is 380 g/mol. The van der Waals surface area contributed by atoms with Crippen molar-refractivity contribution in [1.82, 2.24) is 10.2 Å². The van der Waals surface area contributed by atoms with Crippen molar-refractivity contribution in [2.24, 2.45) is 5.92 Å². The summed E-state index contributed by atoms with van der Waals surface area (Å²) in [7, 11) is 1.60.